The molecule has 0 amide bonds. The van der Waals surface area contributed by atoms with E-state index in [1.54, 1.807) is 0 Å². The molecule has 2 nitrogen and oxygen atoms in total. The molecule has 0 radical (unpaired) electrons. The van der Waals surface area contributed by atoms with E-state index in [1.165, 1.54) is 122 Å². The smallest absolute Gasteiger partial charge is 0.0609 e. The largest absolute Gasteiger partial charge is 0.378 e. The summed E-state index contributed by atoms with van der Waals surface area (Å²) in [6.45, 7) is 4.76. The summed E-state index contributed by atoms with van der Waals surface area (Å²) in [6.07, 6.45) is 27.3. The third kappa shape index (κ3) is 5.15. The number of hydrogen-bond acceptors (Lipinski definition) is 2. The van der Waals surface area contributed by atoms with Crippen LogP contribution < -0.4 is 0 Å². The Hall–Kier alpha value is -0.0800. The van der Waals surface area contributed by atoms with Crippen LogP contribution in [0.5, 0.6) is 0 Å². The van der Waals surface area contributed by atoms with Crippen molar-refractivity contribution < 1.29 is 4.74 Å². The predicted molar refractivity (Wildman–Crippen MR) is 146 cm³/mol. The van der Waals surface area contributed by atoms with Gasteiger partial charge >= 0.3 is 0 Å². The number of fused-ring (bicyclic) bond motifs is 7. The van der Waals surface area contributed by atoms with Gasteiger partial charge in [-0.1, -0.05) is 71.1 Å². The van der Waals surface area contributed by atoms with Gasteiger partial charge in [0.15, 0.2) is 0 Å². The lowest BCUT2D eigenvalue weighted by molar-refractivity contribution is -0.122. The number of rotatable bonds is 3. The van der Waals surface area contributed by atoms with Crippen LogP contribution in [0.25, 0.3) is 0 Å². The second-order valence-corrected chi connectivity index (χ2v) is 14.4. The summed E-state index contributed by atoms with van der Waals surface area (Å²) < 4.78 is 7.21. The van der Waals surface area contributed by atoms with Crippen molar-refractivity contribution in [2.24, 2.45) is 53.3 Å². The molecule has 5 saturated carbocycles. The summed E-state index contributed by atoms with van der Waals surface area (Å²) in [5.74, 6) is 8.53. The van der Waals surface area contributed by atoms with Gasteiger partial charge in [-0.05, 0) is 112 Å². The molecule has 1 aliphatic heterocycles. The number of hydrogen-bond donors (Lipinski definition) is 0. The minimum absolute atomic E-state index is 0.577. The quantitative estimate of drug-likeness (QED) is 0.400. The standard InChI is InChI=1S/C33H57NO/c1-3-8-23-13-15-24(16-14-23)27-21-34(2)30-19-17-25-9-4-6-11-28(25)32(30)33-29-12-7-5-10-26(29)18-20-31(33)35-22-27/h23-33H,3-22H2,1-2H3. The van der Waals surface area contributed by atoms with E-state index in [0.29, 0.717) is 6.10 Å². The van der Waals surface area contributed by atoms with E-state index in [0.717, 1.165) is 65.9 Å². The van der Waals surface area contributed by atoms with Crippen LogP contribution in [-0.4, -0.2) is 37.2 Å². The molecule has 200 valence electrons. The highest BCUT2D eigenvalue weighted by atomic mass is 16.5. The van der Waals surface area contributed by atoms with E-state index < -0.39 is 0 Å². The molecular weight excluding hydrogens is 426 g/mol. The zero-order valence-electron chi connectivity index (χ0n) is 23.3. The van der Waals surface area contributed by atoms with E-state index in [2.05, 4.69) is 18.9 Å². The van der Waals surface area contributed by atoms with Crippen LogP contribution in [0.3, 0.4) is 0 Å². The number of ether oxygens (including phenoxy) is 1. The lowest BCUT2D eigenvalue weighted by atomic mass is 9.52. The van der Waals surface area contributed by atoms with Gasteiger partial charge in [-0.2, -0.15) is 0 Å². The molecule has 0 N–H and O–H groups in total. The monoisotopic (exact) mass is 483 g/mol. The van der Waals surface area contributed by atoms with Gasteiger partial charge in [-0.3, -0.25) is 0 Å². The Morgan fingerprint density at radius 1 is 0.629 bits per heavy atom. The van der Waals surface area contributed by atoms with Gasteiger partial charge in [0, 0.05) is 12.6 Å². The molecule has 0 spiro atoms. The van der Waals surface area contributed by atoms with Gasteiger partial charge in [-0.25, -0.2) is 0 Å². The molecule has 35 heavy (non-hydrogen) atoms. The van der Waals surface area contributed by atoms with Crippen molar-refractivity contribution in [2.75, 3.05) is 20.2 Å². The Balaban J connectivity index is 1.27. The van der Waals surface area contributed by atoms with Crippen molar-refractivity contribution in [3.05, 3.63) is 0 Å². The minimum Gasteiger partial charge on any atom is -0.378 e. The predicted octanol–water partition coefficient (Wildman–Crippen LogP) is 8.34. The zero-order valence-corrected chi connectivity index (χ0v) is 23.3. The fourth-order valence-corrected chi connectivity index (χ4v) is 11.1. The van der Waals surface area contributed by atoms with Crippen LogP contribution in [0.2, 0.25) is 0 Å². The van der Waals surface area contributed by atoms with Gasteiger partial charge in [-0.15, -0.1) is 0 Å². The van der Waals surface area contributed by atoms with Gasteiger partial charge in [0.25, 0.3) is 0 Å². The first kappa shape index (κ1) is 25.2. The van der Waals surface area contributed by atoms with E-state index >= 15 is 0 Å². The summed E-state index contributed by atoms with van der Waals surface area (Å²) in [7, 11) is 2.55. The topological polar surface area (TPSA) is 12.5 Å². The molecule has 9 unspecified atom stereocenters. The number of nitrogens with zero attached hydrogens (tertiary/aromatic N) is 1. The third-order valence-electron chi connectivity index (χ3n) is 12.8. The highest BCUT2D eigenvalue weighted by molar-refractivity contribution is 5.03. The second kappa shape index (κ2) is 11.3. The van der Waals surface area contributed by atoms with Crippen molar-refractivity contribution in [3.63, 3.8) is 0 Å². The molecule has 0 aromatic rings. The first-order valence-corrected chi connectivity index (χ1v) is 16.5. The average molecular weight is 484 g/mol. The van der Waals surface area contributed by atoms with Crippen molar-refractivity contribution in [1.82, 2.24) is 4.90 Å². The second-order valence-electron chi connectivity index (χ2n) is 14.4. The fraction of sp³-hybridized carbons (Fsp3) is 1.00. The summed E-state index contributed by atoms with van der Waals surface area (Å²) >= 11 is 0. The van der Waals surface area contributed by atoms with E-state index in [4.69, 9.17) is 4.74 Å². The third-order valence-corrected chi connectivity index (χ3v) is 12.8. The average Bonchev–Trinajstić information content (AvgIpc) is 2.96. The van der Waals surface area contributed by atoms with E-state index in [-0.39, 0.29) is 0 Å². The van der Waals surface area contributed by atoms with E-state index in [9.17, 15) is 0 Å². The van der Waals surface area contributed by atoms with Gasteiger partial charge in [0.1, 0.15) is 0 Å². The van der Waals surface area contributed by atoms with Crippen molar-refractivity contribution in [1.29, 1.82) is 0 Å². The summed E-state index contributed by atoms with van der Waals surface area (Å²) in [5, 5.41) is 0. The normalized spacial score (nSPS) is 49.4. The van der Waals surface area contributed by atoms with Gasteiger partial charge in [0.05, 0.1) is 12.7 Å². The summed E-state index contributed by atoms with van der Waals surface area (Å²) in [4.78, 5) is 2.94. The van der Waals surface area contributed by atoms with Crippen LogP contribution in [0.1, 0.15) is 122 Å². The zero-order chi connectivity index (χ0) is 23.8. The lowest BCUT2D eigenvalue weighted by Crippen LogP contribution is -2.56. The van der Waals surface area contributed by atoms with Crippen molar-refractivity contribution in [3.8, 4) is 0 Å². The maximum Gasteiger partial charge on any atom is 0.0609 e. The minimum atomic E-state index is 0.577. The van der Waals surface area contributed by atoms with Crippen LogP contribution in [-0.2, 0) is 4.74 Å². The SMILES string of the molecule is CCCC1CCC(C2COC3CCC4CCCCC4C3C3C4CCCCC4CCC3N(C)C2)CC1. The highest BCUT2D eigenvalue weighted by Gasteiger charge is 2.53. The lowest BCUT2D eigenvalue weighted by Gasteiger charge is -2.57. The molecule has 0 aromatic carbocycles. The van der Waals surface area contributed by atoms with Crippen LogP contribution in [0, 0.1) is 53.3 Å². The molecule has 9 atom stereocenters. The highest BCUT2D eigenvalue weighted by Crippen LogP contribution is 2.56. The Bertz CT molecular complexity index is 670. The fourth-order valence-electron chi connectivity index (χ4n) is 11.1. The molecule has 1 saturated heterocycles. The van der Waals surface area contributed by atoms with Crippen LogP contribution in [0.4, 0.5) is 0 Å². The van der Waals surface area contributed by atoms with Crippen molar-refractivity contribution >= 4 is 0 Å². The molecule has 6 aliphatic rings. The summed E-state index contributed by atoms with van der Waals surface area (Å²) in [5.41, 5.74) is 0. The maximum atomic E-state index is 7.21. The van der Waals surface area contributed by atoms with Gasteiger partial charge in [0.2, 0.25) is 0 Å². The van der Waals surface area contributed by atoms with Crippen molar-refractivity contribution in [2.45, 2.75) is 135 Å². The first-order valence-electron chi connectivity index (χ1n) is 16.5. The van der Waals surface area contributed by atoms with Crippen LogP contribution >= 0.6 is 0 Å². The van der Waals surface area contributed by atoms with Crippen LogP contribution in [0.15, 0.2) is 0 Å². The molecule has 0 bridgehead atoms. The molecular formula is C33H57NO. The Morgan fingerprint density at radius 3 is 1.97 bits per heavy atom. The Morgan fingerprint density at radius 2 is 1.26 bits per heavy atom. The Labute approximate surface area is 217 Å². The molecule has 5 aliphatic carbocycles. The van der Waals surface area contributed by atoms with Gasteiger partial charge < -0.3 is 9.64 Å². The summed E-state index contributed by atoms with van der Waals surface area (Å²) in [6, 6.07) is 0.836. The molecule has 6 fully saturated rings. The molecule has 6 rings (SSSR count). The maximum absolute atomic E-state index is 7.21. The Kier molecular flexibility index (Phi) is 8.17. The van der Waals surface area contributed by atoms with E-state index in [1.807, 2.05) is 0 Å². The first-order chi connectivity index (χ1) is 17.2. The molecule has 2 heteroatoms. The molecule has 0 aromatic heterocycles. The molecule has 1 heterocycles.